The van der Waals surface area contributed by atoms with Crippen molar-refractivity contribution in [3.63, 3.8) is 0 Å². The summed E-state index contributed by atoms with van der Waals surface area (Å²) in [5, 5.41) is 6.89. The lowest BCUT2D eigenvalue weighted by atomic mass is 9.90. The van der Waals surface area contributed by atoms with Crippen molar-refractivity contribution in [2.75, 3.05) is 0 Å². The predicted molar refractivity (Wildman–Crippen MR) is 338 cm³/mol. The van der Waals surface area contributed by atoms with Crippen molar-refractivity contribution in [2.45, 2.75) is 13.8 Å². The van der Waals surface area contributed by atoms with E-state index in [9.17, 15) is 0 Å². The van der Waals surface area contributed by atoms with Crippen molar-refractivity contribution in [1.29, 1.82) is 0 Å². The quantitative estimate of drug-likeness (QED) is 0.143. The summed E-state index contributed by atoms with van der Waals surface area (Å²) in [6.45, 7) is 3.84. The Morgan fingerprint density at radius 2 is 0.566 bits per heavy atom. The van der Waals surface area contributed by atoms with E-state index in [1.54, 1.807) is 0 Å². The maximum atomic E-state index is 5.46. The first kappa shape index (κ1) is 47.8. The zero-order valence-electron chi connectivity index (χ0n) is 45.4. The maximum absolute atomic E-state index is 5.46. The van der Waals surface area contributed by atoms with Crippen molar-refractivity contribution in [3.05, 3.63) is 273 Å². The highest BCUT2D eigenvalue weighted by atomic mass is 15.1. The SMILES string of the molecule is Cc1nc(C)nc(-c2ccc3c(c2)c2ccccc2n3-c2c(-c3ccccc3-n3c4ccccc4c4ccccc43)cc(-c3nc(-c4ccccc4)nc(-c4ccccc4)n3)cc2-c2ccccc2-n2c3ccccc3c3ccccc32)n1. The summed E-state index contributed by atoms with van der Waals surface area (Å²) >= 11 is 0. The summed E-state index contributed by atoms with van der Waals surface area (Å²) in [6, 6.07) is 93.1. The lowest BCUT2D eigenvalue weighted by molar-refractivity contribution is 0.929. The molecular formula is C74H49N9. The molecular weight excluding hydrogens is 1010 g/mol. The molecule has 5 aromatic heterocycles. The molecule has 0 aliphatic heterocycles. The number of aromatic nitrogens is 9. The van der Waals surface area contributed by atoms with Crippen LogP contribution in [-0.2, 0) is 0 Å². The normalized spacial score (nSPS) is 11.7. The molecule has 9 nitrogen and oxygen atoms in total. The molecule has 0 bridgehead atoms. The average molecular weight is 1060 g/mol. The largest absolute Gasteiger partial charge is 0.309 e. The molecule has 0 amide bonds. The first-order valence-corrected chi connectivity index (χ1v) is 28.0. The lowest BCUT2D eigenvalue weighted by Gasteiger charge is -2.24. The van der Waals surface area contributed by atoms with E-state index in [0.717, 1.165) is 105 Å². The van der Waals surface area contributed by atoms with Gasteiger partial charge in [-0.15, -0.1) is 0 Å². The Morgan fingerprint density at radius 3 is 1.01 bits per heavy atom. The van der Waals surface area contributed by atoms with Crippen LogP contribution in [0.25, 0.3) is 150 Å². The van der Waals surface area contributed by atoms with Crippen LogP contribution in [0, 0.1) is 13.8 Å². The highest BCUT2D eigenvalue weighted by Crippen LogP contribution is 2.48. The lowest BCUT2D eigenvalue weighted by Crippen LogP contribution is -2.07. The van der Waals surface area contributed by atoms with Crippen molar-refractivity contribution < 1.29 is 0 Å². The van der Waals surface area contributed by atoms with Gasteiger partial charge in [-0.25, -0.2) is 29.9 Å². The second-order valence-corrected chi connectivity index (χ2v) is 21.1. The first-order valence-electron chi connectivity index (χ1n) is 28.0. The summed E-state index contributed by atoms with van der Waals surface area (Å²) in [5.74, 6) is 3.71. The van der Waals surface area contributed by atoms with E-state index in [1.165, 1.54) is 21.5 Å². The van der Waals surface area contributed by atoms with Crippen molar-refractivity contribution in [1.82, 2.24) is 43.6 Å². The third kappa shape index (κ3) is 7.85. The molecule has 0 fully saturated rings. The number of benzene rings is 11. The number of nitrogens with zero attached hydrogens (tertiary/aromatic N) is 9. The van der Waals surface area contributed by atoms with Crippen LogP contribution >= 0.6 is 0 Å². The number of para-hydroxylation sites is 7. The molecule has 16 aromatic rings. The monoisotopic (exact) mass is 1060 g/mol. The molecule has 16 rings (SSSR count). The zero-order valence-corrected chi connectivity index (χ0v) is 45.4. The Bertz CT molecular complexity index is 4880. The van der Waals surface area contributed by atoms with Crippen LogP contribution in [-0.4, -0.2) is 43.6 Å². The number of aryl methyl sites for hydroxylation is 2. The van der Waals surface area contributed by atoms with Gasteiger partial charge in [0.2, 0.25) is 0 Å². The van der Waals surface area contributed by atoms with E-state index in [-0.39, 0.29) is 0 Å². The highest BCUT2D eigenvalue weighted by molar-refractivity contribution is 6.14. The van der Waals surface area contributed by atoms with Crippen molar-refractivity contribution in [2.24, 2.45) is 0 Å². The fourth-order valence-corrected chi connectivity index (χ4v) is 12.6. The molecule has 0 radical (unpaired) electrons. The molecule has 0 N–H and O–H groups in total. The fraction of sp³-hybridized carbons (Fsp3) is 0.0270. The molecule has 390 valence electrons. The van der Waals surface area contributed by atoms with Gasteiger partial charge in [-0.3, -0.25) is 0 Å². The summed E-state index contributed by atoms with van der Waals surface area (Å²) in [7, 11) is 0. The van der Waals surface area contributed by atoms with Gasteiger partial charge in [0.1, 0.15) is 11.6 Å². The minimum absolute atomic E-state index is 0.547. The molecule has 0 saturated heterocycles. The van der Waals surface area contributed by atoms with Crippen LogP contribution in [0.2, 0.25) is 0 Å². The number of hydrogen-bond acceptors (Lipinski definition) is 6. The van der Waals surface area contributed by atoms with Crippen molar-refractivity contribution >= 4 is 65.4 Å². The third-order valence-electron chi connectivity index (χ3n) is 16.1. The Kier molecular flexibility index (Phi) is 11.1. The molecule has 0 spiro atoms. The summed E-state index contributed by atoms with van der Waals surface area (Å²) in [5.41, 5.74) is 17.1. The van der Waals surface area contributed by atoms with E-state index in [1.807, 2.05) is 50.2 Å². The average Bonchev–Trinajstić information content (AvgIpc) is 3.99. The summed E-state index contributed by atoms with van der Waals surface area (Å²) in [6.07, 6.45) is 0. The number of hydrogen-bond donors (Lipinski definition) is 0. The smallest absolute Gasteiger partial charge is 0.164 e. The van der Waals surface area contributed by atoms with Crippen LogP contribution in [0.5, 0.6) is 0 Å². The number of rotatable bonds is 9. The molecule has 11 aromatic carbocycles. The van der Waals surface area contributed by atoms with E-state index < -0.39 is 0 Å². The van der Waals surface area contributed by atoms with Gasteiger partial charge in [-0.1, -0.05) is 188 Å². The van der Waals surface area contributed by atoms with Crippen molar-refractivity contribution in [3.8, 4) is 84.9 Å². The third-order valence-corrected chi connectivity index (χ3v) is 16.1. The molecule has 0 aliphatic rings. The van der Waals surface area contributed by atoms with Gasteiger partial charge in [-0.2, -0.15) is 0 Å². The predicted octanol–water partition coefficient (Wildman–Crippen LogP) is 18.0. The van der Waals surface area contributed by atoms with Crippen LogP contribution in [0.3, 0.4) is 0 Å². The van der Waals surface area contributed by atoms with Gasteiger partial charge in [0.25, 0.3) is 0 Å². The van der Waals surface area contributed by atoms with E-state index >= 15 is 0 Å². The van der Waals surface area contributed by atoms with Gasteiger partial charge >= 0.3 is 0 Å². The Balaban J connectivity index is 1.09. The van der Waals surface area contributed by atoms with Crippen LogP contribution < -0.4 is 0 Å². The Morgan fingerprint density at radius 1 is 0.229 bits per heavy atom. The fourth-order valence-electron chi connectivity index (χ4n) is 12.6. The van der Waals surface area contributed by atoms with Gasteiger partial charge in [0.15, 0.2) is 23.3 Å². The molecule has 0 atom stereocenters. The Hall–Kier alpha value is -11.2. The van der Waals surface area contributed by atoms with Crippen LogP contribution in [0.4, 0.5) is 0 Å². The minimum atomic E-state index is 0.547. The molecule has 0 unspecified atom stereocenters. The van der Waals surface area contributed by atoms with E-state index in [0.29, 0.717) is 34.9 Å². The van der Waals surface area contributed by atoms with Gasteiger partial charge in [-0.05, 0) is 86.6 Å². The minimum Gasteiger partial charge on any atom is -0.309 e. The van der Waals surface area contributed by atoms with Crippen LogP contribution in [0.1, 0.15) is 11.6 Å². The Labute approximate surface area is 477 Å². The van der Waals surface area contributed by atoms with Gasteiger partial charge in [0, 0.05) is 76.8 Å². The highest BCUT2D eigenvalue weighted by Gasteiger charge is 2.28. The maximum Gasteiger partial charge on any atom is 0.164 e. The molecule has 83 heavy (non-hydrogen) atoms. The second kappa shape index (κ2) is 19.3. The zero-order chi connectivity index (χ0) is 55.1. The standard InChI is InChI=1S/C74H49N9/c1-46-75-47(2)77-73(76-46)50-41-42-69-59(43-50)56-31-13-22-40-68(56)83(69)70-60(57-32-14-20-38-66(57)81-62-34-16-9-27-52(62)53-28-10-17-35-63(53)81)44-51(74-79-71(48-23-5-3-6-24-48)78-72(80-74)49-25-7-4-8-26-49)45-61(70)58-33-15-21-39-67(58)82-64-36-18-11-29-54(64)55-30-12-19-37-65(55)82/h3-45H,1-2H3. The van der Waals surface area contributed by atoms with Gasteiger partial charge < -0.3 is 13.7 Å². The topological polar surface area (TPSA) is 92.1 Å². The number of fused-ring (bicyclic) bond motifs is 9. The van der Waals surface area contributed by atoms with E-state index in [2.05, 4.69) is 243 Å². The molecule has 0 aliphatic carbocycles. The summed E-state index contributed by atoms with van der Waals surface area (Å²) < 4.78 is 7.35. The molecule has 9 heteroatoms. The van der Waals surface area contributed by atoms with Crippen LogP contribution in [0.15, 0.2) is 261 Å². The molecule has 5 heterocycles. The molecule has 0 saturated carbocycles. The van der Waals surface area contributed by atoms with E-state index in [4.69, 9.17) is 24.9 Å². The second-order valence-electron chi connectivity index (χ2n) is 21.1. The van der Waals surface area contributed by atoms with Gasteiger partial charge in [0.05, 0.1) is 50.2 Å². The first-order chi connectivity index (χ1) is 41.0. The summed E-state index contributed by atoms with van der Waals surface area (Å²) in [4.78, 5) is 30.4.